The molecule has 1 spiro atoms. The number of nitrogens with zero attached hydrogens (tertiary/aromatic N) is 6. The van der Waals surface area contributed by atoms with Gasteiger partial charge in [0, 0.05) is 42.4 Å². The lowest BCUT2D eigenvalue weighted by Crippen LogP contribution is -2.29. The van der Waals surface area contributed by atoms with E-state index in [2.05, 4.69) is 37.2 Å². The topological polar surface area (TPSA) is 94.1 Å². The third-order valence-electron chi connectivity index (χ3n) is 6.59. The molecule has 31 heavy (non-hydrogen) atoms. The smallest absolute Gasteiger partial charge is 0.194 e. The SMILES string of the molecule is CN1CCC2(CCN(c3nc4nnc(-c5ccc(-c6cn[nH]c6)cc5O)cc4s3)C2)C1. The minimum absolute atomic E-state index is 0.170. The zero-order valence-electron chi connectivity index (χ0n) is 17.2. The first-order valence-electron chi connectivity index (χ1n) is 10.5. The normalized spacial score (nSPS) is 21.6. The number of likely N-dealkylation sites (tertiary alicyclic amines) is 1. The molecule has 1 atom stereocenters. The lowest BCUT2D eigenvalue weighted by Gasteiger charge is -2.23. The second kappa shape index (κ2) is 7.00. The number of phenolic OH excluding ortho intramolecular Hbond substituents is 1. The van der Waals surface area contributed by atoms with Gasteiger partial charge in [0.25, 0.3) is 0 Å². The summed E-state index contributed by atoms with van der Waals surface area (Å²) >= 11 is 1.66. The van der Waals surface area contributed by atoms with Crippen molar-refractivity contribution in [3.05, 3.63) is 36.7 Å². The van der Waals surface area contributed by atoms with Gasteiger partial charge < -0.3 is 14.9 Å². The molecular weight excluding hydrogens is 410 g/mol. The van der Waals surface area contributed by atoms with E-state index in [0.29, 0.717) is 22.3 Å². The average Bonchev–Trinajstić information content (AvgIpc) is 3.55. The molecule has 1 unspecified atom stereocenters. The zero-order valence-corrected chi connectivity index (χ0v) is 18.1. The second-order valence-corrected chi connectivity index (χ2v) is 9.80. The summed E-state index contributed by atoms with van der Waals surface area (Å²) in [5.41, 5.74) is 4.20. The van der Waals surface area contributed by atoms with Crippen LogP contribution in [0, 0.1) is 5.41 Å². The Morgan fingerprint density at radius 1 is 1.10 bits per heavy atom. The van der Waals surface area contributed by atoms with Crippen molar-refractivity contribution in [3.63, 3.8) is 0 Å². The number of anilines is 1. The molecule has 6 rings (SSSR count). The van der Waals surface area contributed by atoms with Gasteiger partial charge in [0.15, 0.2) is 10.8 Å². The van der Waals surface area contributed by atoms with E-state index in [-0.39, 0.29) is 5.75 Å². The molecule has 0 saturated carbocycles. The molecule has 4 aromatic rings. The first kappa shape index (κ1) is 18.7. The first-order chi connectivity index (χ1) is 15.1. The fourth-order valence-electron chi connectivity index (χ4n) is 4.93. The van der Waals surface area contributed by atoms with Crippen molar-refractivity contribution in [1.29, 1.82) is 0 Å². The van der Waals surface area contributed by atoms with Crippen molar-refractivity contribution in [1.82, 2.24) is 30.3 Å². The number of phenols is 1. The maximum absolute atomic E-state index is 10.6. The third kappa shape index (κ3) is 3.24. The van der Waals surface area contributed by atoms with E-state index in [0.717, 1.165) is 34.0 Å². The number of H-pyrrole nitrogens is 1. The summed E-state index contributed by atoms with van der Waals surface area (Å²) in [6, 6.07) is 7.53. The number of rotatable bonds is 3. The van der Waals surface area contributed by atoms with E-state index in [9.17, 15) is 5.11 Å². The lowest BCUT2D eigenvalue weighted by molar-refractivity contribution is 0.312. The minimum atomic E-state index is 0.170. The summed E-state index contributed by atoms with van der Waals surface area (Å²) in [5, 5.41) is 27.1. The van der Waals surface area contributed by atoms with E-state index in [1.165, 1.54) is 25.9 Å². The number of hydrogen-bond donors (Lipinski definition) is 2. The predicted molar refractivity (Wildman–Crippen MR) is 121 cm³/mol. The van der Waals surface area contributed by atoms with Crippen LogP contribution in [0.15, 0.2) is 36.7 Å². The Labute approximate surface area is 183 Å². The Bertz CT molecular complexity index is 1250. The molecule has 0 aliphatic carbocycles. The fourth-order valence-corrected chi connectivity index (χ4v) is 5.89. The molecule has 0 bridgehead atoms. The summed E-state index contributed by atoms with van der Waals surface area (Å²) < 4.78 is 0.989. The molecular formula is C22H23N7OS. The van der Waals surface area contributed by atoms with Crippen molar-refractivity contribution in [2.24, 2.45) is 5.41 Å². The third-order valence-corrected chi connectivity index (χ3v) is 7.64. The molecule has 5 heterocycles. The highest BCUT2D eigenvalue weighted by atomic mass is 32.1. The van der Waals surface area contributed by atoms with Crippen LogP contribution in [0.2, 0.25) is 0 Å². The number of aromatic nitrogens is 5. The van der Waals surface area contributed by atoms with Crippen molar-refractivity contribution in [2.45, 2.75) is 12.8 Å². The van der Waals surface area contributed by atoms with Crippen molar-refractivity contribution in [3.8, 4) is 28.1 Å². The van der Waals surface area contributed by atoms with Crippen LogP contribution in [-0.2, 0) is 0 Å². The number of hydrogen-bond acceptors (Lipinski definition) is 8. The van der Waals surface area contributed by atoms with Crippen LogP contribution in [0.4, 0.5) is 5.13 Å². The van der Waals surface area contributed by atoms with Gasteiger partial charge in [-0.15, -0.1) is 10.2 Å². The Kier molecular flexibility index (Phi) is 4.22. The maximum atomic E-state index is 10.6. The quantitative estimate of drug-likeness (QED) is 0.511. The molecule has 2 N–H and O–H groups in total. The summed E-state index contributed by atoms with van der Waals surface area (Å²) in [4.78, 5) is 9.60. The highest BCUT2D eigenvalue weighted by Gasteiger charge is 2.43. The van der Waals surface area contributed by atoms with Gasteiger partial charge in [-0.25, -0.2) is 0 Å². The number of aromatic hydroxyl groups is 1. The van der Waals surface area contributed by atoms with E-state index in [1.54, 1.807) is 29.8 Å². The molecule has 3 aromatic heterocycles. The molecule has 2 fully saturated rings. The van der Waals surface area contributed by atoms with Gasteiger partial charge in [-0.2, -0.15) is 10.1 Å². The lowest BCUT2D eigenvalue weighted by atomic mass is 9.86. The van der Waals surface area contributed by atoms with Gasteiger partial charge >= 0.3 is 0 Å². The molecule has 158 valence electrons. The number of aromatic amines is 1. The van der Waals surface area contributed by atoms with Gasteiger partial charge in [-0.3, -0.25) is 5.10 Å². The molecule has 2 aliphatic heterocycles. The highest BCUT2D eigenvalue weighted by molar-refractivity contribution is 7.22. The molecule has 8 nitrogen and oxygen atoms in total. The monoisotopic (exact) mass is 433 g/mol. The van der Waals surface area contributed by atoms with Crippen LogP contribution >= 0.6 is 11.3 Å². The van der Waals surface area contributed by atoms with E-state index in [1.807, 2.05) is 18.2 Å². The molecule has 1 aromatic carbocycles. The van der Waals surface area contributed by atoms with Crippen LogP contribution in [0.25, 0.3) is 32.7 Å². The second-order valence-electron chi connectivity index (χ2n) is 8.79. The number of nitrogens with one attached hydrogen (secondary N) is 1. The van der Waals surface area contributed by atoms with Crippen molar-refractivity contribution < 1.29 is 5.11 Å². The van der Waals surface area contributed by atoms with Crippen LogP contribution < -0.4 is 4.90 Å². The first-order valence-corrected chi connectivity index (χ1v) is 11.3. The average molecular weight is 434 g/mol. The van der Waals surface area contributed by atoms with Crippen molar-refractivity contribution >= 4 is 26.8 Å². The summed E-state index contributed by atoms with van der Waals surface area (Å²) in [5.74, 6) is 0.170. The van der Waals surface area contributed by atoms with Crippen LogP contribution in [-0.4, -0.2) is 68.6 Å². The Morgan fingerprint density at radius 2 is 2.00 bits per heavy atom. The molecule has 0 radical (unpaired) electrons. The molecule has 9 heteroatoms. The van der Waals surface area contributed by atoms with Gasteiger partial charge in [0.1, 0.15) is 5.75 Å². The van der Waals surface area contributed by atoms with Gasteiger partial charge in [0.05, 0.1) is 16.6 Å². The fraction of sp³-hybridized carbons (Fsp3) is 0.364. The Balaban J connectivity index is 1.28. The molecule has 0 amide bonds. The summed E-state index contributed by atoms with van der Waals surface area (Å²) in [7, 11) is 2.21. The van der Waals surface area contributed by atoms with Gasteiger partial charge in [-0.05, 0) is 50.2 Å². The van der Waals surface area contributed by atoms with Gasteiger partial charge in [0.2, 0.25) is 0 Å². The summed E-state index contributed by atoms with van der Waals surface area (Å²) in [6.45, 7) is 4.47. The highest BCUT2D eigenvalue weighted by Crippen LogP contribution is 2.42. The number of thiazole rings is 1. The number of fused-ring (bicyclic) bond motifs is 1. The van der Waals surface area contributed by atoms with E-state index >= 15 is 0 Å². The Hall–Kier alpha value is -3.04. The van der Waals surface area contributed by atoms with Crippen molar-refractivity contribution in [2.75, 3.05) is 38.1 Å². The zero-order chi connectivity index (χ0) is 21.0. The summed E-state index contributed by atoms with van der Waals surface area (Å²) in [6.07, 6.45) is 6.01. The maximum Gasteiger partial charge on any atom is 0.194 e. The van der Waals surface area contributed by atoms with E-state index < -0.39 is 0 Å². The van der Waals surface area contributed by atoms with E-state index in [4.69, 9.17) is 4.98 Å². The molecule has 2 aliphatic rings. The number of benzene rings is 1. The molecule has 2 saturated heterocycles. The Morgan fingerprint density at radius 3 is 2.77 bits per heavy atom. The largest absolute Gasteiger partial charge is 0.507 e. The predicted octanol–water partition coefficient (Wildman–Crippen LogP) is 3.38. The van der Waals surface area contributed by atoms with Crippen LogP contribution in [0.5, 0.6) is 5.75 Å². The standard InChI is InChI=1S/C22H23N7OS/c1-28-6-4-22(12-28)5-7-29(13-22)21-25-20-19(31-21)9-17(26-27-20)16-3-2-14(8-18(16)30)15-10-23-24-11-15/h2-3,8-11,30H,4-7,12-13H2,1H3,(H,23,24). The van der Waals surface area contributed by atoms with Crippen LogP contribution in [0.3, 0.4) is 0 Å². The minimum Gasteiger partial charge on any atom is -0.507 e. The van der Waals surface area contributed by atoms with Crippen LogP contribution in [0.1, 0.15) is 12.8 Å². The van der Waals surface area contributed by atoms with Gasteiger partial charge in [-0.1, -0.05) is 17.4 Å².